The van der Waals surface area contributed by atoms with Crippen molar-refractivity contribution in [3.8, 4) is 0 Å². The summed E-state index contributed by atoms with van der Waals surface area (Å²) >= 11 is 0. The Morgan fingerprint density at radius 3 is 1.89 bits per heavy atom. The molecule has 0 N–H and O–H groups in total. The zero-order chi connectivity index (χ0) is 18.6. The molecule has 27 heavy (non-hydrogen) atoms. The average Bonchev–Trinajstić information content (AvgIpc) is 3.28. The van der Waals surface area contributed by atoms with Gasteiger partial charge in [-0.05, 0) is 49.1 Å². The molecule has 1 aromatic heterocycles. The normalized spacial score (nSPS) is 17.4. The number of aryl methyl sites for hydroxylation is 1. The van der Waals surface area contributed by atoms with Gasteiger partial charge in [-0.2, -0.15) is 0 Å². The van der Waals surface area contributed by atoms with Gasteiger partial charge in [-0.25, -0.2) is 0 Å². The number of carbonyl (C=O) groups is 1. The van der Waals surface area contributed by atoms with Crippen molar-refractivity contribution < 1.29 is 4.79 Å². The molecule has 6 nitrogen and oxygen atoms in total. The zero-order valence-electron chi connectivity index (χ0n) is 16.0. The molecule has 1 amide bonds. The van der Waals surface area contributed by atoms with Crippen LogP contribution in [0, 0.1) is 0 Å². The summed E-state index contributed by atoms with van der Waals surface area (Å²) in [6, 6.07) is 12.1. The topological polar surface area (TPSA) is 52.6 Å². The Hall–Kier alpha value is -2.63. The third-order valence-electron chi connectivity index (χ3n) is 5.57. The molecule has 0 bridgehead atoms. The van der Waals surface area contributed by atoms with Crippen LogP contribution in [-0.4, -0.2) is 60.3 Å². The number of rotatable bonds is 4. The molecule has 0 atom stereocenters. The smallest absolute Gasteiger partial charge is 0.253 e. The molecular weight excluding hydrogens is 338 g/mol. The Morgan fingerprint density at radius 1 is 0.815 bits per heavy atom. The molecule has 0 aliphatic carbocycles. The largest absolute Gasteiger partial charge is 0.355 e. The van der Waals surface area contributed by atoms with Crippen molar-refractivity contribution in [3.63, 3.8) is 0 Å². The fraction of sp³-hybridized carbons (Fsp3) is 0.476. The van der Waals surface area contributed by atoms with Crippen LogP contribution in [0.25, 0.3) is 0 Å². The molecule has 0 radical (unpaired) electrons. The van der Waals surface area contributed by atoms with E-state index in [1.54, 1.807) is 0 Å². The molecule has 2 saturated heterocycles. The number of nitrogens with zero attached hydrogens (tertiary/aromatic N) is 5. The molecule has 3 heterocycles. The third-order valence-corrected chi connectivity index (χ3v) is 5.57. The van der Waals surface area contributed by atoms with Crippen molar-refractivity contribution in [2.24, 2.45) is 0 Å². The quantitative estimate of drug-likeness (QED) is 0.834. The van der Waals surface area contributed by atoms with Gasteiger partial charge in [-0.1, -0.05) is 19.1 Å². The van der Waals surface area contributed by atoms with Gasteiger partial charge in [0.25, 0.3) is 5.91 Å². The lowest BCUT2D eigenvalue weighted by atomic mass is 10.1. The second-order valence-corrected chi connectivity index (χ2v) is 7.27. The first-order chi connectivity index (χ1) is 13.2. The summed E-state index contributed by atoms with van der Waals surface area (Å²) in [6.45, 7) is 7.28. The number of benzene rings is 1. The van der Waals surface area contributed by atoms with Gasteiger partial charge in [0.05, 0.1) is 0 Å². The first kappa shape index (κ1) is 17.8. The molecule has 2 aromatic rings. The van der Waals surface area contributed by atoms with Crippen molar-refractivity contribution in [2.75, 3.05) is 49.1 Å². The summed E-state index contributed by atoms with van der Waals surface area (Å²) in [5, 5.41) is 8.83. The predicted molar refractivity (Wildman–Crippen MR) is 107 cm³/mol. The van der Waals surface area contributed by atoms with E-state index >= 15 is 0 Å². The van der Waals surface area contributed by atoms with Crippen molar-refractivity contribution in [2.45, 2.75) is 26.2 Å². The summed E-state index contributed by atoms with van der Waals surface area (Å²) in [5.74, 6) is 1.99. The lowest BCUT2D eigenvalue weighted by Crippen LogP contribution is -2.49. The van der Waals surface area contributed by atoms with Crippen LogP contribution in [0.3, 0.4) is 0 Å². The van der Waals surface area contributed by atoms with Crippen molar-refractivity contribution in [3.05, 3.63) is 47.5 Å². The third kappa shape index (κ3) is 3.89. The van der Waals surface area contributed by atoms with Crippen LogP contribution in [0.5, 0.6) is 0 Å². The minimum absolute atomic E-state index is 0.118. The maximum absolute atomic E-state index is 12.7. The van der Waals surface area contributed by atoms with Crippen LogP contribution in [0.4, 0.5) is 11.6 Å². The van der Waals surface area contributed by atoms with E-state index in [0.29, 0.717) is 13.1 Å². The molecule has 6 heteroatoms. The SMILES string of the molecule is CCc1ccc(C(=O)N2CCN(c3ccc(N4CCCC4)nn3)CC2)cc1. The van der Waals surface area contributed by atoms with E-state index in [0.717, 1.165) is 49.8 Å². The number of hydrogen-bond donors (Lipinski definition) is 0. The van der Waals surface area contributed by atoms with Crippen molar-refractivity contribution in [1.29, 1.82) is 0 Å². The average molecular weight is 365 g/mol. The van der Waals surface area contributed by atoms with Gasteiger partial charge >= 0.3 is 0 Å². The Morgan fingerprint density at radius 2 is 1.37 bits per heavy atom. The highest BCUT2D eigenvalue weighted by Gasteiger charge is 2.23. The van der Waals surface area contributed by atoms with Gasteiger partial charge in [0.1, 0.15) is 0 Å². The second-order valence-electron chi connectivity index (χ2n) is 7.27. The standard InChI is InChI=1S/C21H27N5O/c1-2-17-5-7-18(8-6-17)21(27)26-15-13-25(14-16-26)20-10-9-19(22-23-20)24-11-3-4-12-24/h5-10H,2-4,11-16H2,1H3. The van der Waals surface area contributed by atoms with Gasteiger partial charge in [0, 0.05) is 44.8 Å². The van der Waals surface area contributed by atoms with E-state index in [1.807, 2.05) is 29.2 Å². The number of aromatic nitrogens is 2. The molecular formula is C21H27N5O. The lowest BCUT2D eigenvalue weighted by Gasteiger charge is -2.35. The van der Waals surface area contributed by atoms with Gasteiger partial charge in [0.15, 0.2) is 11.6 Å². The van der Waals surface area contributed by atoms with E-state index in [-0.39, 0.29) is 5.91 Å². The number of piperazine rings is 1. The van der Waals surface area contributed by atoms with E-state index in [4.69, 9.17) is 0 Å². The highest BCUT2D eigenvalue weighted by atomic mass is 16.2. The lowest BCUT2D eigenvalue weighted by molar-refractivity contribution is 0.0746. The van der Waals surface area contributed by atoms with Gasteiger partial charge in [-0.15, -0.1) is 10.2 Å². The molecule has 2 aliphatic rings. The summed E-state index contributed by atoms with van der Waals surface area (Å²) in [5.41, 5.74) is 2.03. The van der Waals surface area contributed by atoms with Gasteiger partial charge in [0.2, 0.25) is 0 Å². The molecule has 142 valence electrons. The first-order valence-electron chi connectivity index (χ1n) is 9.96. The van der Waals surface area contributed by atoms with Crippen LogP contribution in [0.2, 0.25) is 0 Å². The summed E-state index contributed by atoms with van der Waals surface area (Å²) < 4.78 is 0. The van der Waals surface area contributed by atoms with E-state index < -0.39 is 0 Å². The number of carbonyl (C=O) groups excluding carboxylic acids is 1. The first-order valence-corrected chi connectivity index (χ1v) is 9.96. The van der Waals surface area contributed by atoms with Crippen LogP contribution >= 0.6 is 0 Å². The Bertz CT molecular complexity index is 760. The molecule has 2 aliphatic heterocycles. The molecule has 0 spiro atoms. The molecule has 0 unspecified atom stereocenters. The number of anilines is 2. The maximum atomic E-state index is 12.7. The summed E-state index contributed by atoms with van der Waals surface area (Å²) in [6.07, 6.45) is 3.46. The zero-order valence-corrected chi connectivity index (χ0v) is 16.0. The molecule has 2 fully saturated rings. The van der Waals surface area contributed by atoms with Crippen molar-refractivity contribution >= 4 is 17.5 Å². The summed E-state index contributed by atoms with van der Waals surface area (Å²) in [4.78, 5) is 19.1. The predicted octanol–water partition coefficient (Wildman–Crippen LogP) is 2.60. The Kier molecular flexibility index (Phi) is 5.23. The highest BCUT2D eigenvalue weighted by Crippen LogP contribution is 2.20. The fourth-order valence-electron chi connectivity index (χ4n) is 3.81. The van der Waals surface area contributed by atoms with E-state index in [1.165, 1.54) is 18.4 Å². The van der Waals surface area contributed by atoms with Crippen LogP contribution < -0.4 is 9.80 Å². The van der Waals surface area contributed by atoms with E-state index in [9.17, 15) is 4.79 Å². The minimum atomic E-state index is 0.118. The number of amides is 1. The number of hydrogen-bond acceptors (Lipinski definition) is 5. The van der Waals surface area contributed by atoms with Crippen molar-refractivity contribution in [1.82, 2.24) is 15.1 Å². The van der Waals surface area contributed by atoms with Crippen LogP contribution in [-0.2, 0) is 6.42 Å². The monoisotopic (exact) mass is 365 g/mol. The molecule has 1 aromatic carbocycles. The fourth-order valence-corrected chi connectivity index (χ4v) is 3.81. The molecule has 4 rings (SSSR count). The van der Waals surface area contributed by atoms with Gasteiger partial charge in [-0.3, -0.25) is 4.79 Å². The van der Waals surface area contributed by atoms with E-state index in [2.05, 4.69) is 39.1 Å². The highest BCUT2D eigenvalue weighted by molar-refractivity contribution is 5.94. The second kappa shape index (κ2) is 7.94. The Labute approximate surface area is 160 Å². The Balaban J connectivity index is 1.34. The maximum Gasteiger partial charge on any atom is 0.253 e. The van der Waals surface area contributed by atoms with Crippen LogP contribution in [0.15, 0.2) is 36.4 Å². The van der Waals surface area contributed by atoms with Gasteiger partial charge < -0.3 is 14.7 Å². The van der Waals surface area contributed by atoms with Crippen LogP contribution in [0.1, 0.15) is 35.7 Å². The molecule has 0 saturated carbocycles. The minimum Gasteiger partial charge on any atom is -0.355 e. The summed E-state index contributed by atoms with van der Waals surface area (Å²) in [7, 11) is 0.